The number of carbonyl (C=O) groups excluding carboxylic acids is 1. The highest BCUT2D eigenvalue weighted by Gasteiger charge is 2.17. The van der Waals surface area contributed by atoms with Crippen LogP contribution in [-0.4, -0.2) is 19.2 Å². The topological polar surface area (TPSA) is 68.6 Å². The number of esters is 1. The summed E-state index contributed by atoms with van der Waals surface area (Å²) < 4.78 is 16.9. The molecule has 0 aliphatic carbocycles. The summed E-state index contributed by atoms with van der Waals surface area (Å²) in [4.78, 5) is 12.1. The molecule has 5 nitrogen and oxygen atoms in total. The molecule has 2 aromatic carbocycles. The van der Waals surface area contributed by atoms with Crippen molar-refractivity contribution in [3.05, 3.63) is 58.1 Å². The lowest BCUT2D eigenvalue weighted by Gasteiger charge is -2.15. The van der Waals surface area contributed by atoms with Gasteiger partial charge in [0.25, 0.3) is 0 Å². The molecule has 124 valence electrons. The lowest BCUT2D eigenvalue weighted by Crippen LogP contribution is -2.26. The van der Waals surface area contributed by atoms with Crippen LogP contribution in [0.25, 0.3) is 0 Å². The summed E-state index contributed by atoms with van der Waals surface area (Å²) in [5.74, 6) is 0.659. The van der Waals surface area contributed by atoms with Gasteiger partial charge in [-0.1, -0.05) is 15.9 Å². The second kappa shape index (κ2) is 8.37. The number of methoxy groups -OCH3 is 1. The van der Waals surface area contributed by atoms with Crippen LogP contribution in [0.3, 0.4) is 0 Å². The molecule has 24 heavy (non-hydrogen) atoms. The maximum Gasteiger partial charge on any atom is 0.347 e. The zero-order valence-electron chi connectivity index (χ0n) is 13.3. The maximum atomic E-state index is 12.1. The third kappa shape index (κ3) is 4.74. The summed E-state index contributed by atoms with van der Waals surface area (Å²) in [5.41, 5.74) is 1.28. The van der Waals surface area contributed by atoms with E-state index in [1.165, 1.54) is 0 Å². The van der Waals surface area contributed by atoms with E-state index in [1.54, 1.807) is 44.4 Å². The molecule has 1 atom stereocenters. The van der Waals surface area contributed by atoms with Crippen molar-refractivity contribution in [2.24, 2.45) is 0 Å². The van der Waals surface area contributed by atoms with Gasteiger partial charge in [-0.2, -0.15) is 5.26 Å². The van der Waals surface area contributed by atoms with Crippen molar-refractivity contribution in [2.75, 3.05) is 7.11 Å². The molecule has 0 unspecified atom stereocenters. The number of benzene rings is 2. The van der Waals surface area contributed by atoms with Crippen molar-refractivity contribution in [1.29, 1.82) is 5.26 Å². The van der Waals surface area contributed by atoms with Gasteiger partial charge in [0.2, 0.25) is 0 Å². The van der Waals surface area contributed by atoms with Gasteiger partial charge in [0, 0.05) is 10.0 Å². The van der Waals surface area contributed by atoms with E-state index in [4.69, 9.17) is 19.5 Å². The van der Waals surface area contributed by atoms with Crippen LogP contribution in [0.5, 0.6) is 11.5 Å². The van der Waals surface area contributed by atoms with Crippen molar-refractivity contribution in [3.8, 4) is 17.6 Å². The van der Waals surface area contributed by atoms with Gasteiger partial charge in [-0.05, 0) is 49.4 Å². The Labute approximate surface area is 148 Å². The predicted octanol–water partition coefficient (Wildman–Crippen LogP) is 3.84. The fourth-order valence-corrected chi connectivity index (χ4v) is 2.39. The summed E-state index contributed by atoms with van der Waals surface area (Å²) in [6.07, 6.45) is -0.768. The second-order valence-corrected chi connectivity index (χ2v) is 5.88. The van der Waals surface area contributed by atoms with E-state index in [9.17, 15) is 4.79 Å². The standard InChI is InChI=1S/C18H16BrNO4/c1-12(24-16-6-3-13(10-20)4-7-16)18(21)23-11-14-9-15(19)5-8-17(14)22-2/h3-9,12H,11H2,1-2H3/t12-/m0/s1. The minimum absolute atomic E-state index is 0.0858. The fourth-order valence-electron chi connectivity index (χ4n) is 1.99. The monoisotopic (exact) mass is 389 g/mol. The van der Waals surface area contributed by atoms with Crippen molar-refractivity contribution in [3.63, 3.8) is 0 Å². The Kier molecular flexibility index (Phi) is 6.21. The summed E-state index contributed by atoms with van der Waals surface area (Å²) in [5, 5.41) is 8.76. The number of ether oxygens (including phenoxy) is 3. The Morgan fingerprint density at radius 2 is 1.96 bits per heavy atom. The third-order valence-corrected chi connectivity index (χ3v) is 3.73. The van der Waals surface area contributed by atoms with E-state index in [2.05, 4.69) is 15.9 Å². The average Bonchev–Trinajstić information content (AvgIpc) is 2.60. The number of nitriles is 1. The molecular formula is C18H16BrNO4. The first-order chi connectivity index (χ1) is 11.5. The highest BCUT2D eigenvalue weighted by atomic mass is 79.9. The minimum atomic E-state index is -0.768. The first-order valence-corrected chi connectivity index (χ1v) is 7.98. The zero-order valence-corrected chi connectivity index (χ0v) is 14.9. The molecule has 2 aromatic rings. The van der Waals surface area contributed by atoms with E-state index >= 15 is 0 Å². The zero-order chi connectivity index (χ0) is 17.5. The van der Waals surface area contributed by atoms with Crippen molar-refractivity contribution in [2.45, 2.75) is 19.6 Å². The van der Waals surface area contributed by atoms with Gasteiger partial charge in [-0.3, -0.25) is 0 Å². The van der Waals surface area contributed by atoms with Crippen molar-refractivity contribution < 1.29 is 19.0 Å². The molecule has 0 fully saturated rings. The number of rotatable bonds is 6. The molecule has 0 aliphatic rings. The molecule has 0 bridgehead atoms. The molecule has 0 amide bonds. The van der Waals surface area contributed by atoms with Gasteiger partial charge in [0.1, 0.15) is 18.1 Å². The molecule has 2 rings (SSSR count). The number of hydrogen-bond donors (Lipinski definition) is 0. The molecule has 0 aromatic heterocycles. The SMILES string of the molecule is COc1ccc(Br)cc1COC(=O)[C@H](C)Oc1ccc(C#N)cc1. The maximum absolute atomic E-state index is 12.1. The normalized spacial score (nSPS) is 11.2. The number of halogens is 1. The molecule has 0 N–H and O–H groups in total. The summed E-state index contributed by atoms with van der Waals surface area (Å²) in [6.45, 7) is 1.70. The van der Waals surface area contributed by atoms with E-state index in [-0.39, 0.29) is 6.61 Å². The van der Waals surface area contributed by atoms with Crippen LogP contribution in [-0.2, 0) is 16.1 Å². The van der Waals surface area contributed by atoms with E-state index in [0.717, 1.165) is 10.0 Å². The Bertz CT molecular complexity index is 753. The van der Waals surface area contributed by atoms with Gasteiger partial charge in [0.15, 0.2) is 6.10 Å². The molecule has 0 heterocycles. The Morgan fingerprint density at radius 1 is 1.25 bits per heavy atom. The first kappa shape index (κ1) is 17.8. The summed E-state index contributed by atoms with van der Waals surface area (Å²) >= 11 is 3.37. The number of carbonyl (C=O) groups is 1. The third-order valence-electron chi connectivity index (χ3n) is 3.24. The predicted molar refractivity (Wildman–Crippen MR) is 91.7 cm³/mol. The van der Waals surface area contributed by atoms with Gasteiger partial charge < -0.3 is 14.2 Å². The Hall–Kier alpha value is -2.52. The molecule has 0 saturated carbocycles. The summed E-state index contributed by atoms with van der Waals surface area (Å²) in [6, 6.07) is 14.0. The Morgan fingerprint density at radius 3 is 2.58 bits per heavy atom. The lowest BCUT2D eigenvalue weighted by atomic mass is 10.2. The highest BCUT2D eigenvalue weighted by Crippen LogP contribution is 2.24. The van der Waals surface area contributed by atoms with Gasteiger partial charge in [-0.25, -0.2) is 4.79 Å². The minimum Gasteiger partial charge on any atom is -0.496 e. The average molecular weight is 390 g/mol. The van der Waals surface area contributed by atoms with Crippen molar-refractivity contribution in [1.82, 2.24) is 0 Å². The Balaban J connectivity index is 1.94. The molecule has 0 aliphatic heterocycles. The van der Waals surface area contributed by atoms with Gasteiger partial charge in [-0.15, -0.1) is 0 Å². The van der Waals surface area contributed by atoms with Gasteiger partial charge >= 0.3 is 5.97 Å². The molecule has 0 spiro atoms. The molecule has 0 radical (unpaired) electrons. The molecule has 6 heteroatoms. The lowest BCUT2D eigenvalue weighted by molar-refractivity contribution is -0.152. The number of hydrogen-bond acceptors (Lipinski definition) is 5. The van der Waals surface area contributed by atoms with E-state index < -0.39 is 12.1 Å². The highest BCUT2D eigenvalue weighted by molar-refractivity contribution is 9.10. The van der Waals surface area contributed by atoms with E-state index in [1.807, 2.05) is 18.2 Å². The van der Waals surface area contributed by atoms with E-state index in [0.29, 0.717) is 17.1 Å². The van der Waals surface area contributed by atoms with Crippen LogP contribution in [0.15, 0.2) is 46.9 Å². The largest absolute Gasteiger partial charge is 0.496 e. The first-order valence-electron chi connectivity index (χ1n) is 7.19. The van der Waals surface area contributed by atoms with Crippen LogP contribution < -0.4 is 9.47 Å². The fraction of sp³-hybridized carbons (Fsp3) is 0.222. The van der Waals surface area contributed by atoms with Crippen LogP contribution in [0.1, 0.15) is 18.1 Å². The number of nitrogens with zero attached hydrogens (tertiary/aromatic N) is 1. The van der Waals surface area contributed by atoms with Crippen LogP contribution >= 0.6 is 15.9 Å². The smallest absolute Gasteiger partial charge is 0.347 e. The van der Waals surface area contributed by atoms with Gasteiger partial charge in [0.05, 0.1) is 18.7 Å². The van der Waals surface area contributed by atoms with Crippen molar-refractivity contribution >= 4 is 21.9 Å². The molecular weight excluding hydrogens is 374 g/mol. The second-order valence-electron chi connectivity index (χ2n) is 4.96. The quantitative estimate of drug-likeness (QED) is 0.701. The van der Waals surface area contributed by atoms with Crippen LogP contribution in [0, 0.1) is 11.3 Å². The van der Waals surface area contributed by atoms with Crippen LogP contribution in [0.4, 0.5) is 0 Å². The molecule has 0 saturated heterocycles. The van der Waals surface area contributed by atoms with Crippen LogP contribution in [0.2, 0.25) is 0 Å². The summed E-state index contributed by atoms with van der Waals surface area (Å²) in [7, 11) is 1.56.